The van der Waals surface area contributed by atoms with Crippen LogP contribution in [0.25, 0.3) is 22.3 Å². The number of ether oxygens (including phenoxy) is 13. The third kappa shape index (κ3) is 25.4. The number of methoxy groups -OCH3 is 1. The van der Waals surface area contributed by atoms with Crippen LogP contribution < -0.4 is 36.9 Å². The molecule has 6 heterocycles. The zero-order valence-electron chi connectivity index (χ0n) is 65.5. The number of aromatic nitrogens is 2. The van der Waals surface area contributed by atoms with Crippen molar-refractivity contribution in [1.82, 2.24) is 40.6 Å². The molecule has 38 heteroatoms. The van der Waals surface area contributed by atoms with E-state index in [1.807, 2.05) is 12.1 Å². The van der Waals surface area contributed by atoms with Crippen molar-refractivity contribution in [1.29, 1.82) is 0 Å². The smallest absolute Gasteiger partial charge is 0.410 e. The lowest BCUT2D eigenvalue weighted by Crippen LogP contribution is -2.61. The number of hydrogen-bond acceptors (Lipinski definition) is 29. The summed E-state index contributed by atoms with van der Waals surface area (Å²) in [6, 6.07) is 8.35. The highest BCUT2D eigenvalue weighted by Crippen LogP contribution is 2.41. The maximum Gasteiger partial charge on any atom is 0.410 e. The molecule has 8 rings (SSSR count). The van der Waals surface area contributed by atoms with Crippen molar-refractivity contribution >= 4 is 76.2 Å². The number of esters is 1. The Labute approximate surface area is 662 Å². The number of carboxylic acids is 1. The number of rotatable bonds is 49. The van der Waals surface area contributed by atoms with Crippen molar-refractivity contribution in [2.45, 2.75) is 154 Å². The minimum absolute atomic E-state index is 0.0450. The van der Waals surface area contributed by atoms with Crippen LogP contribution in [0.4, 0.5) is 15.3 Å². The van der Waals surface area contributed by atoms with Crippen LogP contribution in [0.1, 0.15) is 95.0 Å². The molecule has 8 amide bonds. The number of fused-ring (bicyclic) bond motifs is 5. The number of carboxylic acid groups (broad SMARTS) is 1. The first kappa shape index (κ1) is 90.9. The number of anilines is 1. The van der Waals surface area contributed by atoms with E-state index in [2.05, 4.69) is 26.6 Å². The second-order valence-electron chi connectivity index (χ2n) is 27.8. The van der Waals surface area contributed by atoms with E-state index in [1.54, 1.807) is 59.9 Å². The molecule has 0 aliphatic carbocycles. The number of aliphatic hydroxyl groups is 4. The second-order valence-corrected chi connectivity index (χ2v) is 27.8. The van der Waals surface area contributed by atoms with Crippen LogP contribution >= 0.6 is 0 Å². The molecule has 632 valence electrons. The molecular weight excluding hydrogens is 1510 g/mol. The molecule has 0 unspecified atom stereocenters. The van der Waals surface area contributed by atoms with Crippen molar-refractivity contribution in [3.8, 4) is 17.1 Å². The molecule has 0 radical (unpaired) electrons. The molecule has 1 saturated heterocycles. The van der Waals surface area contributed by atoms with Crippen molar-refractivity contribution in [2.75, 3.05) is 138 Å². The maximum atomic E-state index is 14.3. The lowest BCUT2D eigenvalue weighted by atomic mass is 9.86. The molecule has 0 bridgehead atoms. The van der Waals surface area contributed by atoms with E-state index in [-0.39, 0.29) is 120 Å². The molecule has 0 spiro atoms. The molecule has 9 atom stereocenters. The molecular formula is C77H105N9O29. The number of amides is 8. The number of unbranched alkanes of at least 4 members (excludes halogenated alkanes) is 1. The molecule has 4 aliphatic heterocycles. The van der Waals surface area contributed by atoms with Crippen LogP contribution in [0.5, 0.6) is 5.75 Å². The number of nitrogens with one attached hydrogen (secondary N) is 5. The van der Waals surface area contributed by atoms with Crippen molar-refractivity contribution in [2.24, 2.45) is 5.92 Å². The van der Waals surface area contributed by atoms with Gasteiger partial charge in [0.25, 0.3) is 17.4 Å². The van der Waals surface area contributed by atoms with Gasteiger partial charge in [0.1, 0.15) is 68.6 Å². The van der Waals surface area contributed by atoms with Gasteiger partial charge in [0, 0.05) is 54.9 Å². The van der Waals surface area contributed by atoms with Gasteiger partial charge >= 0.3 is 24.1 Å². The van der Waals surface area contributed by atoms with E-state index in [4.69, 9.17) is 66.6 Å². The number of aliphatic carboxylic acids is 1. The number of aliphatic hydroxyl groups excluding tert-OH is 3. The lowest BCUT2D eigenvalue weighted by Gasteiger charge is -2.38. The van der Waals surface area contributed by atoms with Gasteiger partial charge in [-0.2, -0.15) is 0 Å². The number of carbonyl (C=O) groups excluding carboxylic acids is 9. The topological polar surface area (TPSA) is 493 Å². The Morgan fingerprint density at radius 1 is 0.696 bits per heavy atom. The minimum Gasteiger partial charge on any atom is -0.479 e. The predicted molar refractivity (Wildman–Crippen MR) is 403 cm³/mol. The Bertz CT molecular complexity index is 4080. The number of para-hydroxylation sites is 1. The largest absolute Gasteiger partial charge is 0.479 e. The van der Waals surface area contributed by atoms with Crippen molar-refractivity contribution < 1.29 is 135 Å². The van der Waals surface area contributed by atoms with Crippen LogP contribution in [0.3, 0.4) is 0 Å². The first-order valence-corrected chi connectivity index (χ1v) is 38.1. The Kier molecular flexibility index (Phi) is 35.5. The van der Waals surface area contributed by atoms with Crippen LogP contribution in [0.15, 0.2) is 65.5 Å². The first-order valence-electron chi connectivity index (χ1n) is 38.1. The van der Waals surface area contributed by atoms with Gasteiger partial charge in [0.05, 0.1) is 134 Å². The van der Waals surface area contributed by atoms with E-state index in [0.717, 1.165) is 28.0 Å². The number of cyclic esters (lactones) is 1. The Balaban J connectivity index is 0.858. The van der Waals surface area contributed by atoms with E-state index < -0.39 is 145 Å². The number of alkyl carbamates (subject to hydrolysis) is 1. The number of carbonyl (C=O) groups is 10. The SMILES string of the molecule is CC[C@@]1(O)C(=O)OCc2c1cc1n(c2=O)Cc2c-1nc1ccccc1c2CCN(C(=O)OCc1ccc(NC(=O)[C@H](C)NC(=O)[C@@H](NC(=O)[C@H](CCCCNC(=O)CN2C(=O)C=CC2=O)NC(=O)OCCOCCOCCOCCOCCOCCOCCOCCOC)C(C)C)c(O[C@@H]2O[C@H](C(=O)O)[C@@H](O)[C@H](O)[C@H]2O)c1)C(C)C. The van der Waals surface area contributed by atoms with Crippen molar-refractivity contribution in [3.63, 3.8) is 0 Å². The summed E-state index contributed by atoms with van der Waals surface area (Å²) in [4.78, 5) is 153. The molecule has 2 aromatic heterocycles. The van der Waals surface area contributed by atoms with Crippen LogP contribution in [0.2, 0.25) is 0 Å². The molecule has 2 aromatic carbocycles. The van der Waals surface area contributed by atoms with Gasteiger partial charge in [-0.1, -0.05) is 45.0 Å². The number of pyridine rings is 2. The predicted octanol–water partition coefficient (Wildman–Crippen LogP) is 0.593. The van der Waals surface area contributed by atoms with Gasteiger partial charge in [0.2, 0.25) is 29.9 Å². The highest BCUT2D eigenvalue weighted by Gasteiger charge is 2.49. The zero-order valence-corrected chi connectivity index (χ0v) is 65.5. The van der Waals surface area contributed by atoms with Gasteiger partial charge in [-0.25, -0.2) is 24.2 Å². The summed E-state index contributed by atoms with van der Waals surface area (Å²) in [6.07, 6.45) is -9.58. The normalized spacial score (nSPS) is 18.9. The van der Waals surface area contributed by atoms with Crippen LogP contribution in [-0.4, -0.2) is 292 Å². The van der Waals surface area contributed by atoms with Crippen LogP contribution in [-0.2, 0) is 127 Å². The monoisotopic (exact) mass is 1620 g/mol. The molecule has 4 aliphatic rings. The Morgan fingerprint density at radius 2 is 1.30 bits per heavy atom. The summed E-state index contributed by atoms with van der Waals surface area (Å²) in [5, 5.41) is 67.4. The summed E-state index contributed by atoms with van der Waals surface area (Å²) < 4.78 is 72.6. The highest BCUT2D eigenvalue weighted by atomic mass is 16.7. The highest BCUT2D eigenvalue weighted by molar-refractivity contribution is 6.14. The summed E-state index contributed by atoms with van der Waals surface area (Å²) in [5.74, 6) is -8.11. The van der Waals surface area contributed by atoms with E-state index in [0.29, 0.717) is 95.1 Å². The third-order valence-corrected chi connectivity index (χ3v) is 19.1. The molecule has 4 aromatic rings. The van der Waals surface area contributed by atoms with Crippen LogP contribution in [0, 0.1) is 5.92 Å². The summed E-state index contributed by atoms with van der Waals surface area (Å²) in [7, 11) is 1.61. The fraction of sp³-hybridized carbons (Fsp3) is 0.584. The maximum absolute atomic E-state index is 14.3. The van der Waals surface area contributed by atoms with Crippen molar-refractivity contribution in [3.05, 3.63) is 98.9 Å². The fourth-order valence-electron chi connectivity index (χ4n) is 12.6. The Morgan fingerprint density at radius 3 is 1.90 bits per heavy atom. The number of hydrogen-bond donors (Lipinski definition) is 10. The molecule has 115 heavy (non-hydrogen) atoms. The van der Waals surface area contributed by atoms with Gasteiger partial charge in [-0.05, 0) is 94.2 Å². The lowest BCUT2D eigenvalue weighted by molar-refractivity contribution is -0.271. The van der Waals surface area contributed by atoms with Gasteiger partial charge in [-0.3, -0.25) is 38.5 Å². The van der Waals surface area contributed by atoms with Gasteiger partial charge in [-0.15, -0.1) is 0 Å². The van der Waals surface area contributed by atoms with E-state index >= 15 is 0 Å². The molecule has 0 saturated carbocycles. The number of nitrogens with zero attached hydrogens (tertiary/aromatic N) is 4. The third-order valence-electron chi connectivity index (χ3n) is 19.1. The average molecular weight is 1620 g/mol. The van der Waals surface area contributed by atoms with Gasteiger partial charge in [0.15, 0.2) is 11.7 Å². The number of benzene rings is 2. The molecule has 10 N–H and O–H groups in total. The average Bonchev–Trinajstić information content (AvgIpc) is 1.59. The zero-order chi connectivity index (χ0) is 83.3. The standard InChI is InChI=1S/C77H105N9O29/c1-8-77(102)53-40-57-63-51(41-85(57)71(96)52(53)44-112-74(77)99)49(50-13-9-10-14-54(50)80-63)20-22-84(46(4)5)76(101)113-43-48-16-17-55(58(39-48)114-73-66(92)64(90)65(91)67(115-73)72(97)98)81-68(93)47(6)79-70(95)62(45(2)3)83-69(94)56(15-11-12-21-78-59(87)42-86-60(88)18-19-61(86)89)82-75(100)111-38-37-110-36-35-109-34-33-108-32-31-107-30-29-106-28-27-105-26-25-104-24-23-103-7/h9-10,13-14,16-19,39-40,45-47,56,62,64-67,73,90-92,102H,8,11-12,15,20-38,41-44H2,1-7H3,(H,78,87)(H,79,95)(H,81,93)(H,82,100)(H,83,94)(H,97,98)/t47-,56-,62-,64-,65-,66+,67-,73+,77-/m0/s1. The second kappa shape index (κ2) is 45.0. The Hall–Kier alpha value is -9.68. The van der Waals surface area contributed by atoms with Gasteiger partial charge < -0.3 is 123 Å². The minimum atomic E-state index is -2.11. The quantitative estimate of drug-likeness (QED) is 0.0110. The first-order chi connectivity index (χ1) is 55.2. The summed E-state index contributed by atoms with van der Waals surface area (Å²) >= 11 is 0. The molecule has 1 fully saturated rings. The summed E-state index contributed by atoms with van der Waals surface area (Å²) in [6.45, 7) is 13.6. The van der Waals surface area contributed by atoms with E-state index in [1.165, 1.54) is 34.6 Å². The van der Waals surface area contributed by atoms with E-state index in [9.17, 15) is 78.3 Å². The molecule has 38 nitrogen and oxygen atoms in total. The number of imide groups is 1. The summed E-state index contributed by atoms with van der Waals surface area (Å²) in [5.41, 5.74) is 0.736. The fourth-order valence-corrected chi connectivity index (χ4v) is 12.6.